The van der Waals surface area contributed by atoms with E-state index in [0.29, 0.717) is 0 Å². The Morgan fingerprint density at radius 2 is 1.45 bits per heavy atom. The largest absolute Gasteiger partial charge is 0.388 e. The first kappa shape index (κ1) is 8.89. The minimum atomic E-state index is -1.43. The Bertz CT molecular complexity index is 125. The van der Waals surface area contributed by atoms with Crippen LogP contribution in [0.1, 0.15) is 6.92 Å². The summed E-state index contributed by atoms with van der Waals surface area (Å²) in [5, 5.41) is 36.0. The summed E-state index contributed by atoms with van der Waals surface area (Å²) >= 11 is 0. The Morgan fingerprint density at radius 1 is 0.909 bits per heavy atom. The van der Waals surface area contributed by atoms with Gasteiger partial charge in [-0.25, -0.2) is 0 Å². The van der Waals surface area contributed by atoms with Crippen LogP contribution in [0, 0.1) is 0 Å². The van der Waals surface area contributed by atoms with Gasteiger partial charge in [0.1, 0.15) is 18.3 Å². The van der Waals surface area contributed by atoms with Crippen LogP contribution >= 0.6 is 0 Å². The summed E-state index contributed by atoms with van der Waals surface area (Å²) < 4.78 is 4.68. The molecule has 5 heteroatoms. The predicted molar refractivity (Wildman–Crippen MR) is 34.6 cm³/mol. The highest BCUT2D eigenvalue weighted by atomic mass is 16.6. The van der Waals surface area contributed by atoms with E-state index in [2.05, 4.69) is 4.74 Å². The van der Waals surface area contributed by atoms with Crippen LogP contribution in [0.2, 0.25) is 0 Å². The van der Waals surface area contributed by atoms with Crippen molar-refractivity contribution < 1.29 is 25.2 Å². The molecule has 0 aromatic rings. The van der Waals surface area contributed by atoms with Crippen molar-refractivity contribution in [2.45, 2.75) is 37.6 Å². The topological polar surface area (TPSA) is 90.2 Å². The van der Waals surface area contributed by atoms with Crippen LogP contribution in [0.3, 0.4) is 0 Å². The summed E-state index contributed by atoms with van der Waals surface area (Å²) in [4.78, 5) is 0. The first-order chi connectivity index (χ1) is 5.04. The van der Waals surface area contributed by atoms with E-state index in [1.54, 1.807) is 0 Å². The SMILES string of the molecule is C[C@@H]1O[C@@H](O)[C@H](O)[C@H](O)[C@H]1O. The van der Waals surface area contributed by atoms with Crippen LogP contribution in [-0.2, 0) is 4.74 Å². The van der Waals surface area contributed by atoms with Crippen LogP contribution in [0.4, 0.5) is 0 Å². The van der Waals surface area contributed by atoms with Gasteiger partial charge in [0.15, 0.2) is 6.29 Å². The van der Waals surface area contributed by atoms with Crippen molar-refractivity contribution in [1.29, 1.82) is 0 Å². The zero-order valence-electron chi connectivity index (χ0n) is 6.08. The van der Waals surface area contributed by atoms with E-state index in [9.17, 15) is 0 Å². The molecule has 0 saturated carbocycles. The minimum Gasteiger partial charge on any atom is -0.388 e. The van der Waals surface area contributed by atoms with Crippen molar-refractivity contribution in [2.24, 2.45) is 0 Å². The molecule has 4 N–H and O–H groups in total. The Balaban J connectivity index is 2.63. The highest BCUT2D eigenvalue weighted by Gasteiger charge is 2.40. The molecule has 1 aliphatic heterocycles. The number of aliphatic hydroxyl groups is 4. The lowest BCUT2D eigenvalue weighted by atomic mass is 10.0. The van der Waals surface area contributed by atoms with E-state index >= 15 is 0 Å². The van der Waals surface area contributed by atoms with Gasteiger partial charge in [-0.15, -0.1) is 0 Å². The average Bonchev–Trinajstić information content (AvgIpc) is 1.97. The third-order valence-corrected chi connectivity index (χ3v) is 1.83. The minimum absolute atomic E-state index is 0.664. The molecule has 5 nitrogen and oxygen atoms in total. The molecule has 1 saturated heterocycles. The molecule has 0 aliphatic carbocycles. The van der Waals surface area contributed by atoms with E-state index in [1.165, 1.54) is 6.92 Å². The molecule has 1 heterocycles. The van der Waals surface area contributed by atoms with Gasteiger partial charge in [-0.3, -0.25) is 0 Å². The van der Waals surface area contributed by atoms with Gasteiger partial charge in [-0.1, -0.05) is 0 Å². The van der Waals surface area contributed by atoms with Gasteiger partial charge in [-0.05, 0) is 6.92 Å². The fraction of sp³-hybridized carbons (Fsp3) is 1.00. The van der Waals surface area contributed by atoms with Crippen LogP contribution in [0.15, 0.2) is 0 Å². The highest BCUT2D eigenvalue weighted by Crippen LogP contribution is 2.18. The van der Waals surface area contributed by atoms with Crippen LogP contribution in [0.25, 0.3) is 0 Å². The molecule has 0 radical (unpaired) electrons. The second kappa shape index (κ2) is 3.04. The monoisotopic (exact) mass is 164 g/mol. The van der Waals surface area contributed by atoms with E-state index in [4.69, 9.17) is 20.4 Å². The molecule has 11 heavy (non-hydrogen) atoms. The van der Waals surface area contributed by atoms with Crippen molar-refractivity contribution in [1.82, 2.24) is 0 Å². The van der Waals surface area contributed by atoms with Gasteiger partial charge < -0.3 is 25.2 Å². The summed E-state index contributed by atoms with van der Waals surface area (Å²) in [7, 11) is 0. The molecule has 0 aromatic heterocycles. The van der Waals surface area contributed by atoms with Crippen LogP contribution < -0.4 is 0 Å². The third kappa shape index (κ3) is 1.52. The maximum absolute atomic E-state index is 9.09. The fourth-order valence-corrected chi connectivity index (χ4v) is 1.03. The maximum Gasteiger partial charge on any atom is 0.183 e. The van der Waals surface area contributed by atoms with Gasteiger partial charge in [-0.2, -0.15) is 0 Å². The Kier molecular flexibility index (Phi) is 2.46. The zero-order valence-corrected chi connectivity index (χ0v) is 6.08. The number of rotatable bonds is 0. The summed E-state index contributed by atoms with van der Waals surface area (Å²) in [6.07, 6.45) is -5.99. The van der Waals surface area contributed by atoms with Crippen molar-refractivity contribution >= 4 is 0 Å². The Morgan fingerprint density at radius 3 is 2.00 bits per heavy atom. The molecule has 0 bridgehead atoms. The molecule has 5 atom stereocenters. The van der Waals surface area contributed by atoms with Crippen molar-refractivity contribution in [3.05, 3.63) is 0 Å². The summed E-state index contributed by atoms with van der Waals surface area (Å²) in [5.41, 5.74) is 0. The predicted octanol–water partition coefficient (Wildman–Crippen LogP) is -2.19. The third-order valence-electron chi connectivity index (χ3n) is 1.83. The van der Waals surface area contributed by atoms with Gasteiger partial charge in [0.25, 0.3) is 0 Å². The molecule has 1 fully saturated rings. The second-order valence-electron chi connectivity index (χ2n) is 2.70. The van der Waals surface area contributed by atoms with Gasteiger partial charge in [0, 0.05) is 0 Å². The standard InChI is InChI=1S/C6H12O5/c1-2-3(7)4(8)5(9)6(10)11-2/h2-10H,1H3/t2-,3-,4+,5+,6+/m0/s1. The summed E-state index contributed by atoms with van der Waals surface area (Å²) in [6.45, 7) is 1.50. The lowest BCUT2D eigenvalue weighted by Crippen LogP contribution is -2.56. The number of ether oxygens (including phenoxy) is 1. The van der Waals surface area contributed by atoms with E-state index < -0.39 is 30.7 Å². The average molecular weight is 164 g/mol. The molecule has 1 rings (SSSR count). The quantitative estimate of drug-likeness (QED) is 0.326. The smallest absolute Gasteiger partial charge is 0.183 e. The second-order valence-corrected chi connectivity index (χ2v) is 2.70. The van der Waals surface area contributed by atoms with Crippen molar-refractivity contribution in [3.63, 3.8) is 0 Å². The number of hydrogen-bond donors (Lipinski definition) is 4. The molecular weight excluding hydrogens is 152 g/mol. The molecule has 66 valence electrons. The number of hydrogen-bond acceptors (Lipinski definition) is 5. The molecule has 1 aliphatic rings. The van der Waals surface area contributed by atoms with Gasteiger partial charge >= 0.3 is 0 Å². The van der Waals surface area contributed by atoms with Gasteiger partial charge in [0.05, 0.1) is 6.10 Å². The molecule has 0 amide bonds. The van der Waals surface area contributed by atoms with Crippen LogP contribution in [0.5, 0.6) is 0 Å². The van der Waals surface area contributed by atoms with Crippen molar-refractivity contribution in [2.75, 3.05) is 0 Å². The van der Waals surface area contributed by atoms with E-state index in [1.807, 2.05) is 0 Å². The maximum atomic E-state index is 9.09. The lowest BCUT2D eigenvalue weighted by molar-refractivity contribution is -0.277. The first-order valence-corrected chi connectivity index (χ1v) is 3.41. The Hall–Kier alpha value is -0.200. The van der Waals surface area contributed by atoms with E-state index in [0.717, 1.165) is 0 Å². The lowest BCUT2D eigenvalue weighted by Gasteiger charge is -2.36. The molecular formula is C6H12O5. The molecule has 0 spiro atoms. The molecule has 0 unspecified atom stereocenters. The number of aliphatic hydroxyl groups excluding tert-OH is 4. The molecule has 0 aromatic carbocycles. The summed E-state index contributed by atoms with van der Waals surface area (Å²) in [5.74, 6) is 0. The zero-order chi connectivity index (χ0) is 8.59. The normalized spacial score (nSPS) is 52.6. The highest BCUT2D eigenvalue weighted by molar-refractivity contribution is 4.86. The summed E-state index contributed by atoms with van der Waals surface area (Å²) in [6, 6.07) is 0. The Labute approximate surface area is 63.8 Å². The van der Waals surface area contributed by atoms with Gasteiger partial charge in [0.2, 0.25) is 0 Å². The van der Waals surface area contributed by atoms with Crippen molar-refractivity contribution in [3.8, 4) is 0 Å². The van der Waals surface area contributed by atoms with E-state index in [-0.39, 0.29) is 0 Å². The van der Waals surface area contributed by atoms with Crippen LogP contribution in [-0.4, -0.2) is 51.1 Å². The first-order valence-electron chi connectivity index (χ1n) is 3.41. The fourth-order valence-electron chi connectivity index (χ4n) is 1.03.